The minimum absolute atomic E-state index is 0.122. The summed E-state index contributed by atoms with van der Waals surface area (Å²) in [5.41, 5.74) is 3.33. The van der Waals surface area contributed by atoms with Crippen LogP contribution >= 0.6 is 0 Å². The second-order valence-corrected chi connectivity index (χ2v) is 8.18. The van der Waals surface area contributed by atoms with Crippen molar-refractivity contribution in [3.05, 3.63) is 84.8 Å². The van der Waals surface area contributed by atoms with Gasteiger partial charge < -0.3 is 19.3 Å². The minimum atomic E-state index is -5.08. The van der Waals surface area contributed by atoms with Gasteiger partial charge in [0.15, 0.2) is 0 Å². The molecular formula is C28H28F3N3O4. The number of nitrogens with zero attached hydrogens (tertiary/aromatic N) is 3. The lowest BCUT2D eigenvalue weighted by Gasteiger charge is -2.21. The molecule has 4 rings (SSSR count). The number of hydrogen-bond donors (Lipinski definition) is 1. The molecule has 0 aliphatic heterocycles. The summed E-state index contributed by atoms with van der Waals surface area (Å²) in [5, 5.41) is 8.36. The van der Waals surface area contributed by atoms with Gasteiger partial charge >= 0.3 is 12.1 Å². The molecule has 0 bridgehead atoms. The SMILES string of the molecule is CCN(C(=O)CCc1cn(CC)c2ccccc12)c1ccc(Oc2cccnc2)cc1.O=C(O)C(F)(F)F. The van der Waals surface area contributed by atoms with Gasteiger partial charge in [-0.05, 0) is 68.3 Å². The van der Waals surface area contributed by atoms with Gasteiger partial charge in [0.05, 0.1) is 6.20 Å². The number of para-hydroxylation sites is 1. The zero-order chi connectivity index (χ0) is 27.7. The second-order valence-electron chi connectivity index (χ2n) is 8.18. The molecule has 7 nitrogen and oxygen atoms in total. The van der Waals surface area contributed by atoms with Crippen LogP contribution in [0.15, 0.2) is 79.3 Å². The summed E-state index contributed by atoms with van der Waals surface area (Å²) in [6.45, 7) is 5.68. The Kier molecular flexibility index (Phi) is 9.48. The predicted molar refractivity (Wildman–Crippen MR) is 138 cm³/mol. The number of ether oxygens (including phenoxy) is 1. The van der Waals surface area contributed by atoms with Crippen molar-refractivity contribution in [1.82, 2.24) is 9.55 Å². The molecule has 0 spiro atoms. The average Bonchev–Trinajstić information content (AvgIpc) is 3.27. The first kappa shape index (κ1) is 28.2. The summed E-state index contributed by atoms with van der Waals surface area (Å²) < 4.78 is 39.8. The van der Waals surface area contributed by atoms with E-state index < -0.39 is 12.1 Å². The fourth-order valence-corrected chi connectivity index (χ4v) is 3.90. The van der Waals surface area contributed by atoms with Crippen LogP contribution in [0.1, 0.15) is 25.8 Å². The van der Waals surface area contributed by atoms with Crippen molar-refractivity contribution in [3.63, 3.8) is 0 Å². The first-order valence-corrected chi connectivity index (χ1v) is 12.0. The maximum Gasteiger partial charge on any atom is 0.490 e. The number of fused-ring (bicyclic) bond motifs is 1. The number of aliphatic carboxylic acids is 1. The van der Waals surface area contributed by atoms with E-state index in [0.717, 1.165) is 18.7 Å². The number of anilines is 1. The molecule has 200 valence electrons. The first-order valence-electron chi connectivity index (χ1n) is 12.0. The molecule has 0 atom stereocenters. The summed E-state index contributed by atoms with van der Waals surface area (Å²) in [4.78, 5) is 27.8. The van der Waals surface area contributed by atoms with Crippen LogP contribution in [-0.4, -0.2) is 39.3 Å². The van der Waals surface area contributed by atoms with Gasteiger partial charge in [-0.3, -0.25) is 9.78 Å². The van der Waals surface area contributed by atoms with Gasteiger partial charge in [0.25, 0.3) is 0 Å². The van der Waals surface area contributed by atoms with Gasteiger partial charge in [0.2, 0.25) is 5.91 Å². The van der Waals surface area contributed by atoms with Crippen LogP contribution in [0.5, 0.6) is 11.5 Å². The number of rotatable bonds is 8. The van der Waals surface area contributed by atoms with Crippen LogP contribution < -0.4 is 9.64 Å². The van der Waals surface area contributed by atoms with Crippen molar-refractivity contribution in [3.8, 4) is 11.5 Å². The average molecular weight is 528 g/mol. The van der Waals surface area contributed by atoms with E-state index in [9.17, 15) is 18.0 Å². The highest BCUT2D eigenvalue weighted by Crippen LogP contribution is 2.26. The largest absolute Gasteiger partial charge is 0.490 e. The Morgan fingerprint density at radius 3 is 2.26 bits per heavy atom. The van der Waals surface area contributed by atoms with Gasteiger partial charge in [-0.1, -0.05) is 18.2 Å². The van der Waals surface area contributed by atoms with Crippen molar-refractivity contribution in [2.45, 2.75) is 39.4 Å². The smallest absolute Gasteiger partial charge is 0.475 e. The van der Waals surface area contributed by atoms with Crippen LogP contribution in [0.4, 0.5) is 18.9 Å². The Morgan fingerprint density at radius 1 is 1.00 bits per heavy atom. The maximum absolute atomic E-state index is 13.0. The third kappa shape index (κ3) is 7.34. The van der Waals surface area contributed by atoms with Gasteiger partial charge in [-0.25, -0.2) is 4.79 Å². The molecule has 1 N–H and O–H groups in total. The van der Waals surface area contributed by atoms with E-state index in [1.165, 1.54) is 16.5 Å². The normalized spacial score (nSPS) is 11.0. The summed E-state index contributed by atoms with van der Waals surface area (Å²) >= 11 is 0. The van der Waals surface area contributed by atoms with E-state index in [0.29, 0.717) is 24.5 Å². The number of carboxylic acids is 1. The highest BCUT2D eigenvalue weighted by Gasteiger charge is 2.38. The zero-order valence-corrected chi connectivity index (χ0v) is 21.0. The van der Waals surface area contributed by atoms with Crippen LogP contribution in [0.25, 0.3) is 10.9 Å². The topological polar surface area (TPSA) is 84.7 Å². The molecule has 38 heavy (non-hydrogen) atoms. The number of carbonyl (C=O) groups is 2. The Hall–Kier alpha value is -4.34. The molecule has 0 aliphatic carbocycles. The van der Waals surface area contributed by atoms with E-state index in [1.54, 1.807) is 12.4 Å². The van der Waals surface area contributed by atoms with Crippen molar-refractivity contribution >= 4 is 28.5 Å². The van der Waals surface area contributed by atoms with E-state index in [1.807, 2.05) is 48.2 Å². The molecule has 0 aliphatic rings. The van der Waals surface area contributed by atoms with Gasteiger partial charge in [-0.2, -0.15) is 13.2 Å². The molecule has 4 aromatic rings. The van der Waals surface area contributed by atoms with Crippen molar-refractivity contribution in [1.29, 1.82) is 0 Å². The number of carboxylic acid groups (broad SMARTS) is 1. The minimum Gasteiger partial charge on any atom is -0.475 e. The Labute approximate surface area is 218 Å². The number of amides is 1. The monoisotopic (exact) mass is 527 g/mol. The zero-order valence-electron chi connectivity index (χ0n) is 21.0. The molecule has 0 fully saturated rings. The molecule has 1 amide bonds. The molecular weight excluding hydrogens is 499 g/mol. The number of pyridine rings is 1. The highest BCUT2D eigenvalue weighted by atomic mass is 19.4. The molecule has 2 aromatic heterocycles. The summed E-state index contributed by atoms with van der Waals surface area (Å²) in [7, 11) is 0. The Balaban J connectivity index is 0.000000505. The molecule has 10 heteroatoms. The van der Waals surface area contributed by atoms with Crippen molar-refractivity contribution in [2.75, 3.05) is 11.4 Å². The molecule has 0 radical (unpaired) electrons. The van der Waals surface area contributed by atoms with Crippen LogP contribution in [-0.2, 0) is 22.6 Å². The number of halogens is 3. The van der Waals surface area contributed by atoms with Gasteiger partial charge in [0, 0.05) is 48.5 Å². The van der Waals surface area contributed by atoms with Crippen LogP contribution in [0, 0.1) is 0 Å². The van der Waals surface area contributed by atoms with Gasteiger partial charge in [0.1, 0.15) is 11.5 Å². The highest BCUT2D eigenvalue weighted by molar-refractivity contribution is 5.94. The molecule has 0 unspecified atom stereocenters. The summed E-state index contributed by atoms with van der Waals surface area (Å²) in [6, 6.07) is 19.7. The maximum atomic E-state index is 13.0. The van der Waals surface area contributed by atoms with Crippen molar-refractivity contribution in [2.24, 2.45) is 0 Å². The third-order valence-corrected chi connectivity index (χ3v) is 5.70. The molecule has 0 saturated heterocycles. The van der Waals surface area contributed by atoms with E-state index in [2.05, 4.69) is 46.9 Å². The van der Waals surface area contributed by atoms with E-state index >= 15 is 0 Å². The number of benzene rings is 2. The second kappa shape index (κ2) is 12.8. The lowest BCUT2D eigenvalue weighted by Crippen LogP contribution is -2.30. The van der Waals surface area contributed by atoms with Crippen LogP contribution in [0.3, 0.4) is 0 Å². The fourth-order valence-electron chi connectivity index (χ4n) is 3.90. The lowest BCUT2D eigenvalue weighted by atomic mass is 10.1. The Morgan fingerprint density at radius 2 is 1.68 bits per heavy atom. The Bertz CT molecular complexity index is 1350. The number of aryl methyl sites for hydroxylation is 2. The number of hydrogen-bond acceptors (Lipinski definition) is 4. The number of aromatic nitrogens is 2. The summed E-state index contributed by atoms with van der Waals surface area (Å²) in [6.07, 6.45) is 1.68. The standard InChI is InChI=1S/C26H27N3O2.C2HF3O2/c1-3-28-19-20(24-9-5-6-10-25(24)28)11-16-26(30)29(4-2)21-12-14-22(15-13-21)31-23-8-7-17-27-18-23;3-2(4,5)1(6)7/h5-10,12-15,17-19H,3-4,11,16H2,1-2H3;(H,6,7). The fraction of sp³-hybridized carbons (Fsp3) is 0.250. The number of carbonyl (C=O) groups excluding carboxylic acids is 1. The number of alkyl halides is 3. The lowest BCUT2D eigenvalue weighted by molar-refractivity contribution is -0.192. The van der Waals surface area contributed by atoms with Gasteiger partial charge in [-0.15, -0.1) is 0 Å². The predicted octanol–water partition coefficient (Wildman–Crippen LogP) is 6.47. The quantitative estimate of drug-likeness (QED) is 0.284. The third-order valence-electron chi connectivity index (χ3n) is 5.70. The van der Waals surface area contributed by atoms with Crippen molar-refractivity contribution < 1.29 is 32.6 Å². The van der Waals surface area contributed by atoms with E-state index in [4.69, 9.17) is 14.6 Å². The van der Waals surface area contributed by atoms with Crippen LogP contribution in [0.2, 0.25) is 0 Å². The van der Waals surface area contributed by atoms with E-state index in [-0.39, 0.29) is 5.91 Å². The molecule has 0 saturated carbocycles. The molecule has 2 heterocycles. The summed E-state index contributed by atoms with van der Waals surface area (Å²) in [5.74, 6) is -1.23. The first-order chi connectivity index (χ1) is 18.1. The molecule has 2 aromatic carbocycles.